The molecule has 6 heteroatoms. The molecule has 1 atom stereocenters. The number of aliphatic carboxylic acids is 1. The highest BCUT2D eigenvalue weighted by atomic mass is 35.5. The van der Waals surface area contributed by atoms with E-state index in [-0.39, 0.29) is 30.7 Å². The zero-order valence-corrected chi connectivity index (χ0v) is 12.2. The Bertz CT molecular complexity index is 416. The molecular weight excluding hydrogens is 256 g/mol. The van der Waals surface area contributed by atoms with Crippen LogP contribution < -0.4 is 17.0 Å². The minimum Gasteiger partial charge on any atom is -1.00 e. The van der Waals surface area contributed by atoms with Crippen molar-refractivity contribution in [2.24, 2.45) is 13.0 Å². The first kappa shape index (κ1) is 16.8. The quantitative estimate of drug-likeness (QED) is 0.513. The molecule has 0 bridgehead atoms. The third kappa shape index (κ3) is 2.96. The molecule has 0 aromatic carbocycles. The Morgan fingerprint density at radius 3 is 2.17 bits per heavy atom. The van der Waals surface area contributed by atoms with Crippen molar-refractivity contribution in [1.29, 1.82) is 0 Å². The minimum absolute atomic E-state index is 0. The lowest BCUT2D eigenvalue weighted by Crippen LogP contribution is -3.00. The van der Waals surface area contributed by atoms with E-state index >= 15 is 0 Å². The van der Waals surface area contributed by atoms with Crippen molar-refractivity contribution < 1.29 is 32.1 Å². The Kier molecular flexibility index (Phi) is 5.67. The number of hydrogen-bond acceptors (Lipinski definition) is 2. The van der Waals surface area contributed by atoms with Crippen LogP contribution in [0.4, 0.5) is 0 Å². The second kappa shape index (κ2) is 6.09. The van der Waals surface area contributed by atoms with Crippen LogP contribution in [0.1, 0.15) is 43.4 Å². The summed E-state index contributed by atoms with van der Waals surface area (Å²) in [7, 11) is 1.85. The van der Waals surface area contributed by atoms with Crippen molar-refractivity contribution in [3.8, 4) is 0 Å². The molecule has 5 nitrogen and oxygen atoms in total. The molecule has 1 aromatic heterocycles. The number of rotatable bonds is 4. The molecule has 0 spiro atoms. The lowest BCUT2D eigenvalue weighted by Gasteiger charge is -2.15. The van der Waals surface area contributed by atoms with E-state index in [4.69, 9.17) is 5.11 Å². The highest BCUT2D eigenvalue weighted by molar-refractivity contribution is 5.67. The monoisotopic (exact) mass is 276 g/mol. The Labute approximate surface area is 113 Å². The number of carboxylic acid groups (broad SMARTS) is 1. The van der Waals surface area contributed by atoms with Gasteiger partial charge in [0.25, 0.3) is 0 Å². The van der Waals surface area contributed by atoms with Crippen LogP contribution in [0.2, 0.25) is 0 Å². The summed E-state index contributed by atoms with van der Waals surface area (Å²) < 4.78 is 2.98. The number of nitrogens with zero attached hydrogens (tertiary/aromatic N) is 2. The van der Waals surface area contributed by atoms with Crippen LogP contribution >= 0.6 is 0 Å². The molecule has 18 heavy (non-hydrogen) atoms. The van der Waals surface area contributed by atoms with E-state index in [1.54, 1.807) is 0 Å². The summed E-state index contributed by atoms with van der Waals surface area (Å²) >= 11 is 0. The van der Waals surface area contributed by atoms with Crippen molar-refractivity contribution in [2.45, 2.75) is 40.0 Å². The highest BCUT2D eigenvalue weighted by Gasteiger charge is 2.34. The van der Waals surface area contributed by atoms with E-state index in [2.05, 4.69) is 0 Å². The van der Waals surface area contributed by atoms with E-state index < -0.39 is 5.97 Å². The molecule has 2 N–H and O–H groups in total. The van der Waals surface area contributed by atoms with Crippen molar-refractivity contribution in [2.75, 3.05) is 0 Å². The minimum atomic E-state index is -0.847. The molecule has 1 rings (SSSR count). The van der Waals surface area contributed by atoms with Crippen LogP contribution in [0.5, 0.6) is 0 Å². The van der Waals surface area contributed by atoms with Crippen LogP contribution in [0.15, 0.2) is 0 Å². The maximum absolute atomic E-state index is 10.9. The molecule has 0 saturated carbocycles. The normalized spacial score (nSPS) is 12.3. The molecule has 0 aliphatic carbocycles. The number of aromatic nitrogens is 2. The number of halogens is 1. The van der Waals surface area contributed by atoms with Crippen LogP contribution in [0.3, 0.4) is 0 Å². The fourth-order valence-electron chi connectivity index (χ4n) is 2.10. The van der Waals surface area contributed by atoms with E-state index in [0.29, 0.717) is 5.82 Å². The summed E-state index contributed by atoms with van der Waals surface area (Å²) in [4.78, 5) is 10.9. The Balaban J connectivity index is 0.00000289. The molecular formula is C12H21ClN2O3. The first-order valence-corrected chi connectivity index (χ1v) is 5.76. The smallest absolute Gasteiger partial charge is 0.304 e. The summed E-state index contributed by atoms with van der Waals surface area (Å²) in [5, 5.41) is 19.0. The lowest BCUT2D eigenvalue weighted by molar-refractivity contribution is -0.687. The van der Waals surface area contributed by atoms with Gasteiger partial charge in [0, 0.05) is 13.8 Å². The van der Waals surface area contributed by atoms with Gasteiger partial charge in [-0.25, -0.2) is 4.57 Å². The predicted octanol–water partition coefficient (Wildman–Crippen LogP) is -1.61. The van der Waals surface area contributed by atoms with Gasteiger partial charge in [0.1, 0.15) is 5.69 Å². The summed E-state index contributed by atoms with van der Waals surface area (Å²) in [6, 6.07) is 0. The topological polar surface area (TPSA) is 66.3 Å². The van der Waals surface area contributed by atoms with E-state index in [0.717, 1.165) is 16.1 Å². The molecule has 1 heterocycles. The van der Waals surface area contributed by atoms with Crippen LogP contribution in [0, 0.1) is 19.8 Å². The molecule has 0 aliphatic rings. The molecule has 0 amide bonds. The van der Waals surface area contributed by atoms with Crippen LogP contribution in [-0.2, 0) is 11.8 Å². The van der Waals surface area contributed by atoms with Gasteiger partial charge >= 0.3 is 11.8 Å². The SMILES string of the molecule is Cc1c(C)[n+](C)c(C(CC(=O)O)C(C)C)n1O.[Cl-]. The van der Waals surface area contributed by atoms with Gasteiger partial charge in [0.2, 0.25) is 0 Å². The average Bonchev–Trinajstić information content (AvgIpc) is 2.40. The third-order valence-electron chi connectivity index (χ3n) is 3.44. The van der Waals surface area contributed by atoms with Crippen molar-refractivity contribution in [3.05, 3.63) is 17.2 Å². The van der Waals surface area contributed by atoms with E-state index in [9.17, 15) is 10.0 Å². The number of carboxylic acids is 1. The van der Waals surface area contributed by atoms with Crippen LogP contribution in [0.25, 0.3) is 0 Å². The standard InChI is InChI=1S/C12H20N2O3.ClH/c1-7(2)10(6-11(15)16)12-13(5)8(3)9(4)14(12)17;/h7,10H,6H2,1-5H3,(H-,15,16,17);1H. The van der Waals surface area contributed by atoms with Gasteiger partial charge in [-0.15, -0.1) is 0 Å². The molecule has 0 radical (unpaired) electrons. The molecule has 1 unspecified atom stereocenters. The summed E-state index contributed by atoms with van der Waals surface area (Å²) in [6.07, 6.45) is 0.0228. The fourth-order valence-corrected chi connectivity index (χ4v) is 2.10. The summed E-state index contributed by atoms with van der Waals surface area (Å²) in [5.41, 5.74) is 1.69. The third-order valence-corrected chi connectivity index (χ3v) is 3.44. The second-order valence-electron chi connectivity index (χ2n) is 4.85. The van der Waals surface area contributed by atoms with Crippen molar-refractivity contribution in [3.63, 3.8) is 0 Å². The van der Waals surface area contributed by atoms with Gasteiger partial charge < -0.3 is 22.7 Å². The second-order valence-corrected chi connectivity index (χ2v) is 4.85. The van der Waals surface area contributed by atoms with Crippen LogP contribution in [-0.4, -0.2) is 21.0 Å². The Morgan fingerprint density at radius 2 is 1.89 bits per heavy atom. The average molecular weight is 277 g/mol. The van der Waals surface area contributed by atoms with E-state index in [1.807, 2.05) is 39.3 Å². The fraction of sp³-hybridized carbons (Fsp3) is 0.667. The number of carbonyl (C=O) groups is 1. The molecule has 0 aliphatic heterocycles. The Morgan fingerprint density at radius 1 is 1.39 bits per heavy atom. The first-order valence-electron chi connectivity index (χ1n) is 5.76. The van der Waals surface area contributed by atoms with E-state index in [1.165, 1.54) is 0 Å². The zero-order chi connectivity index (χ0) is 13.3. The Hall–Kier alpha value is -1.23. The molecule has 0 saturated heterocycles. The summed E-state index contributed by atoms with van der Waals surface area (Å²) in [6.45, 7) is 7.65. The molecule has 1 aromatic rings. The largest absolute Gasteiger partial charge is 1.00 e. The number of hydrogen-bond donors (Lipinski definition) is 2. The summed E-state index contributed by atoms with van der Waals surface area (Å²) in [5.74, 6) is -0.246. The maximum Gasteiger partial charge on any atom is 0.304 e. The van der Waals surface area contributed by atoms with Crippen molar-refractivity contribution >= 4 is 5.97 Å². The van der Waals surface area contributed by atoms with Gasteiger partial charge in [0.15, 0.2) is 5.69 Å². The van der Waals surface area contributed by atoms with Gasteiger partial charge in [-0.2, -0.15) is 0 Å². The zero-order valence-electron chi connectivity index (χ0n) is 11.4. The molecule has 104 valence electrons. The number of imidazole rings is 1. The van der Waals surface area contributed by atoms with Crippen molar-refractivity contribution in [1.82, 2.24) is 4.73 Å². The maximum atomic E-state index is 10.9. The molecule has 0 fully saturated rings. The van der Waals surface area contributed by atoms with Gasteiger partial charge in [-0.3, -0.25) is 4.79 Å². The highest BCUT2D eigenvalue weighted by Crippen LogP contribution is 2.26. The van der Waals surface area contributed by atoms with Gasteiger partial charge in [0.05, 0.1) is 19.4 Å². The first-order chi connectivity index (χ1) is 7.77. The van der Waals surface area contributed by atoms with Gasteiger partial charge in [-0.1, -0.05) is 13.8 Å². The predicted molar refractivity (Wildman–Crippen MR) is 62.1 cm³/mol. The van der Waals surface area contributed by atoms with Gasteiger partial charge in [-0.05, 0) is 10.6 Å². The lowest BCUT2D eigenvalue weighted by atomic mass is 9.91.